The molecule has 2 rings (SSSR count). The van der Waals surface area contributed by atoms with Gasteiger partial charge in [0, 0.05) is 19.0 Å². The van der Waals surface area contributed by atoms with Crippen LogP contribution in [0, 0.1) is 5.41 Å². The molecule has 2 N–H and O–H groups in total. The van der Waals surface area contributed by atoms with Crippen molar-refractivity contribution in [1.29, 1.82) is 0 Å². The lowest BCUT2D eigenvalue weighted by atomic mass is 9.86. The summed E-state index contributed by atoms with van der Waals surface area (Å²) < 4.78 is 10.5. The monoisotopic (exact) mass is 239 g/mol. The quantitative estimate of drug-likeness (QED) is 0.750. The van der Waals surface area contributed by atoms with Crippen LogP contribution in [0.25, 0.3) is 0 Å². The summed E-state index contributed by atoms with van der Waals surface area (Å²) in [6.07, 6.45) is 3.69. The summed E-state index contributed by atoms with van der Waals surface area (Å²) in [6.45, 7) is 4.52. The number of hydrogen-bond acceptors (Lipinski definition) is 4. The van der Waals surface area contributed by atoms with Crippen molar-refractivity contribution in [3.8, 4) is 0 Å². The average molecular weight is 239 g/mol. The van der Waals surface area contributed by atoms with E-state index in [4.69, 9.17) is 9.15 Å². The Morgan fingerprint density at radius 2 is 2.35 bits per heavy atom. The highest BCUT2D eigenvalue weighted by atomic mass is 16.5. The molecule has 1 aliphatic rings. The van der Waals surface area contributed by atoms with Gasteiger partial charge in [-0.15, -0.1) is 0 Å². The highest BCUT2D eigenvalue weighted by Crippen LogP contribution is 2.25. The molecule has 0 amide bonds. The van der Waals surface area contributed by atoms with E-state index in [0.717, 1.165) is 25.1 Å². The summed E-state index contributed by atoms with van der Waals surface area (Å²) in [5, 5.41) is 12.8. The molecule has 4 heteroatoms. The third-order valence-electron chi connectivity index (χ3n) is 3.38. The fourth-order valence-corrected chi connectivity index (χ4v) is 1.95. The van der Waals surface area contributed by atoms with Crippen LogP contribution in [0.1, 0.15) is 19.1 Å². The number of furan rings is 1. The van der Waals surface area contributed by atoms with Crippen molar-refractivity contribution in [3.05, 3.63) is 24.2 Å². The zero-order valence-electron chi connectivity index (χ0n) is 10.3. The molecule has 0 aromatic carbocycles. The van der Waals surface area contributed by atoms with Gasteiger partial charge in [-0.2, -0.15) is 0 Å². The number of hydrogen-bond donors (Lipinski definition) is 2. The Morgan fingerprint density at radius 3 is 2.88 bits per heavy atom. The maximum absolute atomic E-state index is 9.29. The standard InChI is InChI=1S/C13H21NO3/c1-11(4-5-12-3-2-6-17-12)14-7-13(8-15)9-16-10-13/h2-3,6,11,14-15H,4-5,7-10H2,1H3. The molecule has 1 fully saturated rings. The van der Waals surface area contributed by atoms with Gasteiger partial charge in [-0.3, -0.25) is 0 Å². The fraction of sp³-hybridized carbons (Fsp3) is 0.692. The second-order valence-electron chi connectivity index (χ2n) is 5.05. The normalized spacial score (nSPS) is 19.9. The van der Waals surface area contributed by atoms with E-state index < -0.39 is 0 Å². The highest BCUT2D eigenvalue weighted by molar-refractivity contribution is 4.98. The Labute approximate surface area is 102 Å². The van der Waals surface area contributed by atoms with Crippen molar-refractivity contribution >= 4 is 0 Å². The van der Waals surface area contributed by atoms with E-state index in [2.05, 4.69) is 12.2 Å². The molecule has 1 aromatic rings. The Hall–Kier alpha value is -0.840. The maximum Gasteiger partial charge on any atom is 0.103 e. The molecule has 0 saturated carbocycles. The molecule has 4 nitrogen and oxygen atoms in total. The van der Waals surface area contributed by atoms with Gasteiger partial charge in [0.2, 0.25) is 0 Å². The largest absolute Gasteiger partial charge is 0.469 e. The minimum atomic E-state index is -0.0427. The molecule has 1 aliphatic heterocycles. The van der Waals surface area contributed by atoms with Crippen LogP contribution in [0.4, 0.5) is 0 Å². The van der Waals surface area contributed by atoms with Gasteiger partial charge in [0.1, 0.15) is 5.76 Å². The van der Waals surface area contributed by atoms with Crippen molar-refractivity contribution in [1.82, 2.24) is 5.32 Å². The number of nitrogens with one attached hydrogen (secondary N) is 1. The molecule has 0 radical (unpaired) electrons. The molecule has 1 aromatic heterocycles. The van der Waals surface area contributed by atoms with E-state index in [1.807, 2.05) is 12.1 Å². The van der Waals surface area contributed by atoms with Crippen LogP contribution in [-0.2, 0) is 11.2 Å². The molecule has 0 spiro atoms. The Bertz CT molecular complexity index is 314. The van der Waals surface area contributed by atoms with Crippen molar-refractivity contribution in [3.63, 3.8) is 0 Å². The van der Waals surface area contributed by atoms with Crippen LogP contribution in [0.3, 0.4) is 0 Å². The first-order chi connectivity index (χ1) is 8.24. The topological polar surface area (TPSA) is 54.6 Å². The summed E-state index contributed by atoms with van der Waals surface area (Å²) in [7, 11) is 0. The number of aliphatic hydroxyl groups excluding tert-OH is 1. The summed E-state index contributed by atoms with van der Waals surface area (Å²) in [5.74, 6) is 1.03. The summed E-state index contributed by atoms with van der Waals surface area (Å²) >= 11 is 0. The predicted molar refractivity (Wildman–Crippen MR) is 64.8 cm³/mol. The fourth-order valence-electron chi connectivity index (χ4n) is 1.95. The van der Waals surface area contributed by atoms with Gasteiger partial charge in [0.15, 0.2) is 0 Å². The third kappa shape index (κ3) is 3.31. The Kier molecular flexibility index (Phi) is 4.20. The second-order valence-corrected chi connectivity index (χ2v) is 5.05. The number of rotatable bonds is 7. The lowest BCUT2D eigenvalue weighted by molar-refractivity contribution is -0.135. The van der Waals surface area contributed by atoms with Gasteiger partial charge in [-0.1, -0.05) is 0 Å². The molecular formula is C13H21NO3. The van der Waals surface area contributed by atoms with Gasteiger partial charge in [0.05, 0.1) is 31.5 Å². The first-order valence-corrected chi connectivity index (χ1v) is 6.18. The van der Waals surface area contributed by atoms with E-state index in [9.17, 15) is 5.11 Å². The number of aliphatic hydroxyl groups is 1. The van der Waals surface area contributed by atoms with E-state index >= 15 is 0 Å². The zero-order valence-corrected chi connectivity index (χ0v) is 10.3. The Balaban J connectivity index is 1.65. The minimum Gasteiger partial charge on any atom is -0.469 e. The van der Waals surface area contributed by atoms with Crippen molar-refractivity contribution in [2.75, 3.05) is 26.4 Å². The van der Waals surface area contributed by atoms with E-state index in [-0.39, 0.29) is 12.0 Å². The summed E-state index contributed by atoms with van der Waals surface area (Å²) in [5.41, 5.74) is -0.0427. The zero-order chi connectivity index (χ0) is 12.1. The van der Waals surface area contributed by atoms with E-state index in [1.54, 1.807) is 6.26 Å². The van der Waals surface area contributed by atoms with Gasteiger partial charge in [0.25, 0.3) is 0 Å². The lowest BCUT2D eigenvalue weighted by Crippen LogP contribution is -2.53. The van der Waals surface area contributed by atoms with Gasteiger partial charge in [-0.25, -0.2) is 0 Å². The minimum absolute atomic E-state index is 0.0427. The predicted octanol–water partition coefficient (Wildman–Crippen LogP) is 1.20. The molecule has 2 heterocycles. The van der Waals surface area contributed by atoms with Crippen LogP contribution >= 0.6 is 0 Å². The first-order valence-electron chi connectivity index (χ1n) is 6.18. The van der Waals surface area contributed by atoms with Crippen LogP contribution < -0.4 is 5.32 Å². The molecule has 1 saturated heterocycles. The van der Waals surface area contributed by atoms with Crippen LogP contribution in [0.15, 0.2) is 22.8 Å². The van der Waals surface area contributed by atoms with Gasteiger partial charge >= 0.3 is 0 Å². The van der Waals surface area contributed by atoms with Crippen LogP contribution in [0.2, 0.25) is 0 Å². The lowest BCUT2D eigenvalue weighted by Gasteiger charge is -2.40. The van der Waals surface area contributed by atoms with E-state index in [0.29, 0.717) is 19.3 Å². The van der Waals surface area contributed by atoms with Gasteiger partial charge in [-0.05, 0) is 25.5 Å². The van der Waals surface area contributed by atoms with Crippen molar-refractivity contribution < 1.29 is 14.3 Å². The molecule has 1 atom stereocenters. The third-order valence-corrected chi connectivity index (χ3v) is 3.38. The smallest absolute Gasteiger partial charge is 0.103 e. The second kappa shape index (κ2) is 5.67. The average Bonchev–Trinajstić information content (AvgIpc) is 2.78. The molecule has 0 bridgehead atoms. The number of ether oxygens (including phenoxy) is 1. The van der Waals surface area contributed by atoms with E-state index in [1.165, 1.54) is 0 Å². The summed E-state index contributed by atoms with van der Waals surface area (Å²) in [6, 6.07) is 4.34. The first kappa shape index (κ1) is 12.6. The van der Waals surface area contributed by atoms with Crippen LogP contribution in [0.5, 0.6) is 0 Å². The number of aryl methyl sites for hydroxylation is 1. The van der Waals surface area contributed by atoms with Crippen LogP contribution in [-0.4, -0.2) is 37.5 Å². The van der Waals surface area contributed by atoms with Crippen molar-refractivity contribution in [2.45, 2.75) is 25.8 Å². The molecule has 0 aliphatic carbocycles. The Morgan fingerprint density at radius 1 is 1.53 bits per heavy atom. The molecule has 96 valence electrons. The highest BCUT2D eigenvalue weighted by Gasteiger charge is 2.37. The van der Waals surface area contributed by atoms with Crippen molar-refractivity contribution in [2.24, 2.45) is 5.41 Å². The maximum atomic E-state index is 9.29. The SMILES string of the molecule is CC(CCc1ccco1)NCC1(CO)COC1. The molecule has 17 heavy (non-hydrogen) atoms. The summed E-state index contributed by atoms with van der Waals surface area (Å²) in [4.78, 5) is 0. The van der Waals surface area contributed by atoms with Gasteiger partial charge < -0.3 is 19.6 Å². The molecule has 1 unspecified atom stereocenters. The molecular weight excluding hydrogens is 218 g/mol.